The summed E-state index contributed by atoms with van der Waals surface area (Å²) in [5.41, 5.74) is 8.85. The van der Waals surface area contributed by atoms with Crippen LogP contribution in [-0.4, -0.2) is 24.2 Å². The number of nitrogens with zero attached hydrogens (tertiary/aromatic N) is 2. The van der Waals surface area contributed by atoms with E-state index in [2.05, 4.69) is 9.97 Å². The summed E-state index contributed by atoms with van der Waals surface area (Å²) in [4.78, 5) is 8.92. The standard InChI is InChI=1S/C16H21N3O2/c1-10(17)13-9-18-16(19-11(13)2)8-12-5-6-14(20-3)15(7-12)21-4/h5-7,9-10H,8,17H2,1-4H3/t10-/m0/s1. The van der Waals surface area contributed by atoms with Crippen molar-refractivity contribution >= 4 is 0 Å². The van der Waals surface area contributed by atoms with Crippen molar-refractivity contribution in [3.63, 3.8) is 0 Å². The van der Waals surface area contributed by atoms with Crippen molar-refractivity contribution < 1.29 is 9.47 Å². The molecule has 2 rings (SSSR count). The molecule has 2 N–H and O–H groups in total. The summed E-state index contributed by atoms with van der Waals surface area (Å²) >= 11 is 0. The Labute approximate surface area is 125 Å². The van der Waals surface area contributed by atoms with Gasteiger partial charge in [-0.3, -0.25) is 0 Å². The zero-order valence-electron chi connectivity index (χ0n) is 12.9. The second-order valence-electron chi connectivity index (χ2n) is 4.98. The highest BCUT2D eigenvalue weighted by Gasteiger charge is 2.09. The highest BCUT2D eigenvalue weighted by atomic mass is 16.5. The summed E-state index contributed by atoms with van der Waals surface area (Å²) < 4.78 is 10.5. The van der Waals surface area contributed by atoms with Crippen molar-refractivity contribution in [2.75, 3.05) is 14.2 Å². The topological polar surface area (TPSA) is 70.3 Å². The van der Waals surface area contributed by atoms with E-state index in [-0.39, 0.29) is 6.04 Å². The number of ether oxygens (including phenoxy) is 2. The van der Waals surface area contributed by atoms with Gasteiger partial charge in [-0.2, -0.15) is 0 Å². The molecule has 0 spiro atoms. The van der Waals surface area contributed by atoms with Crippen molar-refractivity contribution in [1.82, 2.24) is 9.97 Å². The minimum absolute atomic E-state index is 0.0554. The fraction of sp³-hybridized carbons (Fsp3) is 0.375. The largest absolute Gasteiger partial charge is 0.493 e. The summed E-state index contributed by atoms with van der Waals surface area (Å²) in [7, 11) is 3.25. The molecule has 0 bridgehead atoms. The lowest BCUT2D eigenvalue weighted by molar-refractivity contribution is 0.354. The van der Waals surface area contributed by atoms with Crippen molar-refractivity contribution in [2.45, 2.75) is 26.3 Å². The molecule has 1 aromatic carbocycles. The second kappa shape index (κ2) is 6.54. The molecule has 0 saturated heterocycles. The summed E-state index contributed by atoms with van der Waals surface area (Å²) in [6.07, 6.45) is 2.45. The maximum absolute atomic E-state index is 5.88. The molecule has 0 aliphatic rings. The van der Waals surface area contributed by atoms with Crippen LogP contribution in [0, 0.1) is 6.92 Å². The van der Waals surface area contributed by atoms with E-state index in [9.17, 15) is 0 Å². The number of aryl methyl sites for hydroxylation is 1. The molecule has 0 aliphatic carbocycles. The number of aromatic nitrogens is 2. The first-order valence-electron chi connectivity index (χ1n) is 6.84. The lowest BCUT2D eigenvalue weighted by Gasteiger charge is -2.11. The van der Waals surface area contributed by atoms with Crippen LogP contribution in [0.4, 0.5) is 0 Å². The fourth-order valence-electron chi connectivity index (χ4n) is 2.23. The van der Waals surface area contributed by atoms with Crippen LogP contribution in [0.15, 0.2) is 24.4 Å². The average molecular weight is 287 g/mol. The zero-order valence-corrected chi connectivity index (χ0v) is 12.9. The van der Waals surface area contributed by atoms with E-state index in [1.807, 2.05) is 38.2 Å². The van der Waals surface area contributed by atoms with E-state index in [1.165, 1.54) is 0 Å². The Kier molecular flexibility index (Phi) is 4.75. The van der Waals surface area contributed by atoms with Gasteiger partial charge in [0.1, 0.15) is 5.82 Å². The first kappa shape index (κ1) is 15.3. The quantitative estimate of drug-likeness (QED) is 0.914. The Bertz CT molecular complexity index is 627. The number of rotatable bonds is 5. The minimum Gasteiger partial charge on any atom is -0.493 e. The van der Waals surface area contributed by atoms with Gasteiger partial charge in [-0.1, -0.05) is 6.07 Å². The van der Waals surface area contributed by atoms with Gasteiger partial charge >= 0.3 is 0 Å². The van der Waals surface area contributed by atoms with E-state index in [4.69, 9.17) is 15.2 Å². The van der Waals surface area contributed by atoms with Crippen LogP contribution in [0.25, 0.3) is 0 Å². The van der Waals surface area contributed by atoms with E-state index in [1.54, 1.807) is 14.2 Å². The maximum Gasteiger partial charge on any atom is 0.161 e. The van der Waals surface area contributed by atoms with Gasteiger partial charge in [0.15, 0.2) is 11.5 Å². The third-order valence-corrected chi connectivity index (χ3v) is 3.37. The molecular formula is C16H21N3O2. The second-order valence-corrected chi connectivity index (χ2v) is 4.98. The highest BCUT2D eigenvalue weighted by molar-refractivity contribution is 5.43. The maximum atomic E-state index is 5.88. The van der Waals surface area contributed by atoms with Gasteiger partial charge in [-0.25, -0.2) is 9.97 Å². The Balaban J connectivity index is 2.24. The van der Waals surface area contributed by atoms with Crippen LogP contribution in [0.2, 0.25) is 0 Å². The Hall–Kier alpha value is -2.14. The number of benzene rings is 1. The number of hydrogen-bond acceptors (Lipinski definition) is 5. The fourth-order valence-corrected chi connectivity index (χ4v) is 2.23. The molecule has 112 valence electrons. The molecule has 0 fully saturated rings. The van der Waals surface area contributed by atoms with Crippen LogP contribution in [0.5, 0.6) is 11.5 Å². The predicted octanol–water partition coefficient (Wildman–Crippen LogP) is 2.41. The Morgan fingerprint density at radius 2 is 1.90 bits per heavy atom. The molecule has 21 heavy (non-hydrogen) atoms. The molecule has 2 aromatic rings. The smallest absolute Gasteiger partial charge is 0.161 e. The van der Waals surface area contributed by atoms with Gasteiger partial charge in [0.25, 0.3) is 0 Å². The predicted molar refractivity (Wildman–Crippen MR) is 81.7 cm³/mol. The number of hydrogen-bond donors (Lipinski definition) is 1. The molecule has 0 aliphatic heterocycles. The van der Waals surface area contributed by atoms with Crippen LogP contribution < -0.4 is 15.2 Å². The minimum atomic E-state index is -0.0554. The van der Waals surface area contributed by atoms with Gasteiger partial charge in [0.2, 0.25) is 0 Å². The first-order chi connectivity index (χ1) is 10.0. The van der Waals surface area contributed by atoms with E-state index < -0.39 is 0 Å². The first-order valence-corrected chi connectivity index (χ1v) is 6.84. The van der Waals surface area contributed by atoms with Crippen LogP contribution >= 0.6 is 0 Å². The van der Waals surface area contributed by atoms with Gasteiger partial charge in [-0.15, -0.1) is 0 Å². The van der Waals surface area contributed by atoms with Crippen LogP contribution in [0.1, 0.15) is 35.6 Å². The molecular weight excluding hydrogens is 266 g/mol. The van der Waals surface area contributed by atoms with E-state index in [0.717, 1.165) is 22.6 Å². The van der Waals surface area contributed by atoms with E-state index >= 15 is 0 Å². The SMILES string of the molecule is COc1ccc(Cc2ncc([C@H](C)N)c(C)n2)cc1OC. The van der Waals surface area contributed by atoms with Crippen molar-refractivity contribution in [3.05, 3.63) is 47.0 Å². The molecule has 1 aromatic heterocycles. The third kappa shape index (κ3) is 3.49. The van der Waals surface area contributed by atoms with Crippen molar-refractivity contribution in [3.8, 4) is 11.5 Å². The molecule has 5 nitrogen and oxygen atoms in total. The number of nitrogens with two attached hydrogens (primary N) is 1. The van der Waals surface area contributed by atoms with Gasteiger partial charge in [0.05, 0.1) is 14.2 Å². The van der Waals surface area contributed by atoms with Gasteiger partial charge < -0.3 is 15.2 Å². The summed E-state index contributed by atoms with van der Waals surface area (Å²) in [5.74, 6) is 2.19. The van der Waals surface area contributed by atoms with Crippen molar-refractivity contribution in [1.29, 1.82) is 0 Å². The third-order valence-electron chi connectivity index (χ3n) is 3.37. The molecule has 0 unspecified atom stereocenters. The van der Waals surface area contributed by atoms with Crippen LogP contribution in [0.3, 0.4) is 0 Å². The summed E-state index contributed by atoms with van der Waals surface area (Å²) in [6.45, 7) is 3.89. The average Bonchev–Trinajstić information content (AvgIpc) is 2.46. The lowest BCUT2D eigenvalue weighted by Crippen LogP contribution is -2.10. The van der Waals surface area contributed by atoms with Gasteiger partial charge in [0, 0.05) is 29.9 Å². The number of methoxy groups -OCH3 is 2. The summed E-state index contributed by atoms with van der Waals surface area (Å²) in [5, 5.41) is 0. The lowest BCUT2D eigenvalue weighted by atomic mass is 10.1. The van der Waals surface area contributed by atoms with Gasteiger partial charge in [-0.05, 0) is 31.5 Å². The van der Waals surface area contributed by atoms with Crippen LogP contribution in [-0.2, 0) is 6.42 Å². The molecule has 1 atom stereocenters. The molecule has 5 heteroatoms. The highest BCUT2D eigenvalue weighted by Crippen LogP contribution is 2.28. The molecule has 1 heterocycles. The van der Waals surface area contributed by atoms with E-state index in [0.29, 0.717) is 17.9 Å². The molecule has 0 radical (unpaired) electrons. The summed E-state index contributed by atoms with van der Waals surface area (Å²) in [6, 6.07) is 5.76. The Morgan fingerprint density at radius 1 is 1.19 bits per heavy atom. The Morgan fingerprint density at radius 3 is 2.48 bits per heavy atom. The molecule has 0 amide bonds. The monoisotopic (exact) mass is 287 g/mol. The normalized spacial score (nSPS) is 12.0. The molecule has 0 saturated carbocycles. The van der Waals surface area contributed by atoms with Crippen molar-refractivity contribution in [2.24, 2.45) is 5.73 Å². The zero-order chi connectivity index (χ0) is 15.4.